The van der Waals surface area contributed by atoms with Gasteiger partial charge in [0, 0.05) is 12.6 Å². The summed E-state index contributed by atoms with van der Waals surface area (Å²) in [7, 11) is 0. The van der Waals surface area contributed by atoms with Gasteiger partial charge in [-0.15, -0.1) is 0 Å². The second-order valence-corrected chi connectivity index (χ2v) is 4.62. The van der Waals surface area contributed by atoms with E-state index in [2.05, 4.69) is 9.97 Å². The summed E-state index contributed by atoms with van der Waals surface area (Å²) in [4.78, 5) is 28.5. The predicted molar refractivity (Wildman–Crippen MR) is 71.1 cm³/mol. The zero-order valence-corrected chi connectivity index (χ0v) is 11.0. The summed E-state index contributed by atoms with van der Waals surface area (Å²) in [5.74, 6) is -0.955. The van der Waals surface area contributed by atoms with Crippen molar-refractivity contribution in [2.75, 3.05) is 0 Å². The minimum Gasteiger partial charge on any atom is -0.477 e. The molecule has 5 nitrogen and oxygen atoms in total. The molecule has 2 aromatic rings. The first-order chi connectivity index (χ1) is 8.97. The van der Waals surface area contributed by atoms with Crippen LogP contribution in [0, 0.1) is 0 Å². The van der Waals surface area contributed by atoms with Crippen LogP contribution in [0.5, 0.6) is 0 Å². The number of nitrogens with one attached hydrogen (secondary N) is 1. The number of H-pyrrole nitrogens is 1. The molecule has 0 saturated heterocycles. The van der Waals surface area contributed by atoms with E-state index in [1.165, 1.54) is 0 Å². The summed E-state index contributed by atoms with van der Waals surface area (Å²) in [6.45, 7) is 0. The molecule has 0 aliphatic carbocycles. The van der Waals surface area contributed by atoms with Gasteiger partial charge in [0.15, 0.2) is 0 Å². The summed E-state index contributed by atoms with van der Waals surface area (Å²) >= 11 is 11.7. The largest absolute Gasteiger partial charge is 0.477 e. The smallest absolute Gasteiger partial charge is 0.342 e. The summed E-state index contributed by atoms with van der Waals surface area (Å²) in [6.07, 6.45) is 1.36. The molecular formula is C12H8Cl2N2O3. The van der Waals surface area contributed by atoms with Crippen LogP contribution >= 0.6 is 23.2 Å². The molecule has 2 N–H and O–H groups in total. The highest BCUT2D eigenvalue weighted by atomic mass is 35.5. The molecule has 1 aromatic heterocycles. The Morgan fingerprint density at radius 2 is 2.05 bits per heavy atom. The van der Waals surface area contributed by atoms with E-state index in [1.807, 2.05) is 0 Å². The Morgan fingerprint density at radius 3 is 2.63 bits per heavy atom. The Labute approximate surface area is 117 Å². The van der Waals surface area contributed by atoms with Crippen LogP contribution in [-0.4, -0.2) is 21.0 Å². The van der Waals surface area contributed by atoms with Crippen molar-refractivity contribution in [1.82, 2.24) is 9.97 Å². The summed E-state index contributed by atoms with van der Waals surface area (Å²) in [5.41, 5.74) is -0.268. The number of hydrogen-bond acceptors (Lipinski definition) is 3. The van der Waals surface area contributed by atoms with Crippen molar-refractivity contribution in [3.63, 3.8) is 0 Å². The topological polar surface area (TPSA) is 83.0 Å². The van der Waals surface area contributed by atoms with Crippen LogP contribution in [0.2, 0.25) is 10.0 Å². The van der Waals surface area contributed by atoms with Gasteiger partial charge in [-0.25, -0.2) is 9.78 Å². The molecule has 0 saturated carbocycles. The summed E-state index contributed by atoms with van der Waals surface area (Å²) < 4.78 is 0. The third-order valence-electron chi connectivity index (χ3n) is 2.44. The molecule has 0 amide bonds. The Balaban J connectivity index is 2.29. The van der Waals surface area contributed by atoms with E-state index in [0.29, 0.717) is 22.3 Å². The van der Waals surface area contributed by atoms with Crippen molar-refractivity contribution in [2.45, 2.75) is 6.42 Å². The standard InChI is InChI=1S/C12H8Cl2N2O3/c13-8-2-1-6(3-9(8)14)4-10-15-5-7(12(18)19)11(17)16-10/h1-3,5H,4H2,(H,18,19)(H,15,16,17). The zero-order valence-electron chi connectivity index (χ0n) is 9.48. The molecule has 19 heavy (non-hydrogen) atoms. The van der Waals surface area contributed by atoms with Gasteiger partial charge in [-0.05, 0) is 17.7 Å². The van der Waals surface area contributed by atoms with Crippen molar-refractivity contribution in [3.8, 4) is 0 Å². The predicted octanol–water partition coefficient (Wildman–Crippen LogP) is 2.37. The van der Waals surface area contributed by atoms with Crippen molar-refractivity contribution in [3.05, 3.63) is 61.7 Å². The van der Waals surface area contributed by atoms with Gasteiger partial charge < -0.3 is 10.1 Å². The second-order valence-electron chi connectivity index (χ2n) is 3.80. The maximum atomic E-state index is 11.5. The van der Waals surface area contributed by atoms with Gasteiger partial charge in [-0.1, -0.05) is 29.3 Å². The maximum Gasteiger partial charge on any atom is 0.342 e. The summed E-state index contributed by atoms with van der Waals surface area (Å²) in [5, 5.41) is 9.57. The van der Waals surface area contributed by atoms with Gasteiger partial charge in [0.2, 0.25) is 0 Å². The van der Waals surface area contributed by atoms with Crippen molar-refractivity contribution in [1.29, 1.82) is 0 Å². The van der Waals surface area contributed by atoms with E-state index in [-0.39, 0.29) is 0 Å². The fraction of sp³-hybridized carbons (Fsp3) is 0.0833. The first-order valence-corrected chi connectivity index (χ1v) is 5.98. The van der Waals surface area contributed by atoms with E-state index in [4.69, 9.17) is 28.3 Å². The quantitative estimate of drug-likeness (QED) is 0.911. The molecule has 0 fully saturated rings. The van der Waals surface area contributed by atoms with Crippen molar-refractivity contribution >= 4 is 29.2 Å². The molecule has 0 aliphatic heterocycles. The molecular weight excluding hydrogens is 291 g/mol. The van der Waals surface area contributed by atoms with Crippen LogP contribution in [0.15, 0.2) is 29.2 Å². The molecule has 0 radical (unpaired) electrons. The number of aromatic carboxylic acids is 1. The average Bonchev–Trinajstić information content (AvgIpc) is 2.33. The Morgan fingerprint density at radius 1 is 1.32 bits per heavy atom. The lowest BCUT2D eigenvalue weighted by molar-refractivity contribution is 0.0694. The van der Waals surface area contributed by atoms with E-state index < -0.39 is 17.1 Å². The summed E-state index contributed by atoms with van der Waals surface area (Å²) in [6, 6.07) is 5.05. The van der Waals surface area contributed by atoms with Gasteiger partial charge in [-0.2, -0.15) is 0 Å². The molecule has 1 heterocycles. The zero-order chi connectivity index (χ0) is 14.0. The number of nitrogens with zero attached hydrogens (tertiary/aromatic N) is 1. The fourth-order valence-corrected chi connectivity index (χ4v) is 1.84. The van der Waals surface area contributed by atoms with Crippen LogP contribution in [0.3, 0.4) is 0 Å². The SMILES string of the molecule is O=C(O)c1cnc(Cc2ccc(Cl)c(Cl)c2)[nH]c1=O. The highest BCUT2D eigenvalue weighted by Gasteiger charge is 2.10. The normalized spacial score (nSPS) is 10.4. The first-order valence-electron chi connectivity index (χ1n) is 5.23. The molecule has 98 valence electrons. The Hall–Kier alpha value is -1.85. The monoisotopic (exact) mass is 298 g/mol. The van der Waals surface area contributed by atoms with Crippen LogP contribution in [-0.2, 0) is 6.42 Å². The third-order valence-corrected chi connectivity index (χ3v) is 3.18. The molecule has 0 atom stereocenters. The lowest BCUT2D eigenvalue weighted by atomic mass is 10.1. The number of benzene rings is 1. The van der Waals surface area contributed by atoms with Gasteiger partial charge in [0.05, 0.1) is 10.0 Å². The average molecular weight is 299 g/mol. The van der Waals surface area contributed by atoms with Gasteiger partial charge in [-0.3, -0.25) is 4.79 Å². The number of aromatic amines is 1. The lowest BCUT2D eigenvalue weighted by Crippen LogP contribution is -2.20. The second kappa shape index (κ2) is 5.42. The lowest BCUT2D eigenvalue weighted by Gasteiger charge is -2.03. The molecule has 0 spiro atoms. The molecule has 2 rings (SSSR count). The van der Waals surface area contributed by atoms with Crippen molar-refractivity contribution in [2.24, 2.45) is 0 Å². The van der Waals surface area contributed by atoms with Crippen LogP contribution in [0.4, 0.5) is 0 Å². The Kier molecular flexibility index (Phi) is 3.87. The number of carboxylic acid groups (broad SMARTS) is 1. The number of halogens is 2. The van der Waals surface area contributed by atoms with Crippen LogP contribution in [0.25, 0.3) is 0 Å². The van der Waals surface area contributed by atoms with E-state index in [1.54, 1.807) is 18.2 Å². The van der Waals surface area contributed by atoms with Crippen LogP contribution < -0.4 is 5.56 Å². The molecule has 0 bridgehead atoms. The minimum atomic E-state index is -1.31. The van der Waals surface area contributed by atoms with Gasteiger partial charge in [0.1, 0.15) is 11.4 Å². The van der Waals surface area contributed by atoms with Gasteiger partial charge >= 0.3 is 5.97 Å². The van der Waals surface area contributed by atoms with E-state index in [9.17, 15) is 9.59 Å². The number of rotatable bonds is 3. The number of aromatic nitrogens is 2. The van der Waals surface area contributed by atoms with E-state index in [0.717, 1.165) is 11.8 Å². The third kappa shape index (κ3) is 3.13. The number of carbonyl (C=O) groups is 1. The highest BCUT2D eigenvalue weighted by Crippen LogP contribution is 2.23. The van der Waals surface area contributed by atoms with Crippen molar-refractivity contribution < 1.29 is 9.90 Å². The number of hydrogen-bond donors (Lipinski definition) is 2. The fourth-order valence-electron chi connectivity index (χ4n) is 1.52. The molecule has 7 heteroatoms. The minimum absolute atomic E-state index is 0.325. The first kappa shape index (κ1) is 13.6. The van der Waals surface area contributed by atoms with E-state index >= 15 is 0 Å². The number of carboxylic acids is 1. The highest BCUT2D eigenvalue weighted by molar-refractivity contribution is 6.42. The van der Waals surface area contributed by atoms with Gasteiger partial charge in [0.25, 0.3) is 5.56 Å². The molecule has 0 aliphatic rings. The molecule has 1 aromatic carbocycles. The maximum absolute atomic E-state index is 11.5. The van der Waals surface area contributed by atoms with Crippen LogP contribution in [0.1, 0.15) is 21.7 Å². The Bertz CT molecular complexity index is 698. The molecule has 0 unspecified atom stereocenters.